The number of rotatable bonds is 4. The first-order chi connectivity index (χ1) is 8.71. The lowest BCUT2D eigenvalue weighted by atomic mass is 10.0. The van der Waals surface area contributed by atoms with E-state index in [1.165, 1.54) is 0 Å². The molecule has 0 spiro atoms. The van der Waals surface area contributed by atoms with Gasteiger partial charge in [0, 0.05) is 57.8 Å². The molecule has 19 heavy (non-hydrogen) atoms. The van der Waals surface area contributed by atoms with Gasteiger partial charge >= 0.3 is 0 Å². The van der Waals surface area contributed by atoms with Crippen LogP contribution in [0, 0.1) is 0 Å². The number of amides is 1. The van der Waals surface area contributed by atoms with E-state index in [0.29, 0.717) is 12.5 Å². The highest BCUT2D eigenvalue weighted by Gasteiger charge is 2.26. The molecule has 1 heterocycles. The molecule has 112 valence electrons. The van der Waals surface area contributed by atoms with Crippen molar-refractivity contribution in [3.8, 4) is 0 Å². The van der Waals surface area contributed by atoms with Crippen molar-refractivity contribution in [1.29, 1.82) is 0 Å². The van der Waals surface area contributed by atoms with E-state index in [-0.39, 0.29) is 11.4 Å². The molecule has 0 aromatic heterocycles. The van der Waals surface area contributed by atoms with Crippen LogP contribution in [-0.2, 0) is 4.79 Å². The Balaban J connectivity index is 2.29. The van der Waals surface area contributed by atoms with Gasteiger partial charge in [0.1, 0.15) is 0 Å². The Kier molecular flexibility index (Phi) is 5.81. The number of hydrogen-bond donors (Lipinski definition) is 0. The summed E-state index contributed by atoms with van der Waals surface area (Å²) in [5, 5.41) is 0. The molecule has 0 aromatic rings. The second-order valence-corrected chi connectivity index (χ2v) is 6.85. The smallest absolute Gasteiger partial charge is 0.223 e. The summed E-state index contributed by atoms with van der Waals surface area (Å²) in [5.41, 5.74) is 0.264. The molecule has 0 saturated carbocycles. The first-order valence-corrected chi connectivity index (χ1v) is 7.45. The summed E-state index contributed by atoms with van der Waals surface area (Å²) in [5.74, 6) is 0.258. The van der Waals surface area contributed by atoms with Crippen molar-refractivity contribution in [2.45, 2.75) is 52.6 Å². The second-order valence-electron chi connectivity index (χ2n) is 6.85. The number of hydrogen-bond acceptors (Lipinski definition) is 3. The fourth-order valence-electron chi connectivity index (χ4n) is 2.36. The average Bonchev–Trinajstić information content (AvgIpc) is 2.34. The van der Waals surface area contributed by atoms with Crippen LogP contribution in [0.4, 0.5) is 0 Å². The Morgan fingerprint density at radius 1 is 1.16 bits per heavy atom. The third-order valence-corrected chi connectivity index (χ3v) is 4.13. The maximum Gasteiger partial charge on any atom is 0.223 e. The predicted octanol–water partition coefficient (Wildman–Crippen LogP) is 1.66. The summed E-state index contributed by atoms with van der Waals surface area (Å²) < 4.78 is 0. The van der Waals surface area contributed by atoms with Crippen LogP contribution in [0.5, 0.6) is 0 Å². The van der Waals surface area contributed by atoms with Crippen LogP contribution in [0.25, 0.3) is 0 Å². The van der Waals surface area contributed by atoms with Crippen LogP contribution in [0.2, 0.25) is 0 Å². The summed E-state index contributed by atoms with van der Waals surface area (Å²) in [6.45, 7) is 16.2. The van der Waals surface area contributed by atoms with E-state index in [0.717, 1.165) is 32.7 Å². The Morgan fingerprint density at radius 2 is 1.68 bits per heavy atom. The van der Waals surface area contributed by atoms with Gasteiger partial charge in [-0.3, -0.25) is 9.69 Å². The zero-order chi connectivity index (χ0) is 14.6. The highest BCUT2D eigenvalue weighted by molar-refractivity contribution is 5.76. The minimum Gasteiger partial charge on any atom is -0.343 e. The molecule has 1 rings (SSSR count). The monoisotopic (exact) mass is 269 g/mol. The van der Waals surface area contributed by atoms with E-state index >= 15 is 0 Å². The molecule has 0 unspecified atom stereocenters. The van der Waals surface area contributed by atoms with Gasteiger partial charge in [0.2, 0.25) is 5.91 Å². The molecule has 0 bridgehead atoms. The van der Waals surface area contributed by atoms with Gasteiger partial charge in [0.25, 0.3) is 0 Å². The standard InChI is InChI=1S/C15H31N3O/c1-13(2)16(6)14(19)7-8-17-9-11-18(12-10-17)15(3,4)5/h13H,7-12H2,1-6H3. The van der Waals surface area contributed by atoms with Gasteiger partial charge in [0.05, 0.1) is 0 Å². The third kappa shape index (κ3) is 5.11. The van der Waals surface area contributed by atoms with E-state index in [2.05, 4.69) is 44.4 Å². The van der Waals surface area contributed by atoms with Crippen LogP contribution in [0.3, 0.4) is 0 Å². The normalized spacial score (nSPS) is 18.9. The van der Waals surface area contributed by atoms with Crippen LogP contribution in [-0.4, -0.2) is 72.0 Å². The van der Waals surface area contributed by atoms with Gasteiger partial charge in [-0.15, -0.1) is 0 Å². The Morgan fingerprint density at radius 3 is 2.11 bits per heavy atom. The second kappa shape index (κ2) is 6.71. The fourth-order valence-corrected chi connectivity index (χ4v) is 2.36. The van der Waals surface area contributed by atoms with Crippen molar-refractivity contribution in [3.05, 3.63) is 0 Å². The molecule has 1 aliphatic heterocycles. The summed E-state index contributed by atoms with van der Waals surface area (Å²) in [7, 11) is 1.89. The molecule has 0 atom stereocenters. The van der Waals surface area contributed by atoms with Crippen LogP contribution in [0.1, 0.15) is 41.0 Å². The predicted molar refractivity (Wildman–Crippen MR) is 80.3 cm³/mol. The van der Waals surface area contributed by atoms with Gasteiger partial charge in [-0.25, -0.2) is 0 Å². The average molecular weight is 269 g/mol. The van der Waals surface area contributed by atoms with E-state index in [1.807, 2.05) is 11.9 Å². The number of nitrogens with zero attached hydrogens (tertiary/aromatic N) is 3. The summed E-state index contributed by atoms with van der Waals surface area (Å²) >= 11 is 0. The van der Waals surface area contributed by atoms with Crippen LogP contribution >= 0.6 is 0 Å². The number of carbonyl (C=O) groups excluding carboxylic acids is 1. The highest BCUT2D eigenvalue weighted by atomic mass is 16.2. The molecular formula is C15H31N3O. The first kappa shape index (κ1) is 16.4. The molecular weight excluding hydrogens is 238 g/mol. The first-order valence-electron chi connectivity index (χ1n) is 7.45. The van der Waals surface area contributed by atoms with E-state index < -0.39 is 0 Å². The van der Waals surface area contributed by atoms with Crippen molar-refractivity contribution >= 4 is 5.91 Å². The lowest BCUT2D eigenvalue weighted by molar-refractivity contribution is -0.131. The van der Waals surface area contributed by atoms with Crippen LogP contribution < -0.4 is 0 Å². The lowest BCUT2D eigenvalue weighted by Gasteiger charge is -2.42. The molecule has 0 radical (unpaired) electrons. The Hall–Kier alpha value is -0.610. The lowest BCUT2D eigenvalue weighted by Crippen LogP contribution is -2.53. The third-order valence-electron chi connectivity index (χ3n) is 4.13. The maximum atomic E-state index is 11.9. The van der Waals surface area contributed by atoms with Crippen molar-refractivity contribution in [2.75, 3.05) is 39.8 Å². The SMILES string of the molecule is CC(C)N(C)C(=O)CCN1CCN(C(C)(C)C)CC1. The number of piperazine rings is 1. The van der Waals surface area contributed by atoms with Crippen molar-refractivity contribution in [3.63, 3.8) is 0 Å². The zero-order valence-electron chi connectivity index (χ0n) is 13.6. The molecule has 0 N–H and O–H groups in total. The Labute approximate surface area is 118 Å². The molecule has 1 amide bonds. The highest BCUT2D eigenvalue weighted by Crippen LogP contribution is 2.15. The molecule has 0 aromatic carbocycles. The quantitative estimate of drug-likeness (QED) is 0.776. The fraction of sp³-hybridized carbons (Fsp3) is 0.933. The van der Waals surface area contributed by atoms with Gasteiger partial charge in [-0.2, -0.15) is 0 Å². The number of carbonyl (C=O) groups is 1. The molecule has 4 heteroatoms. The Bertz CT molecular complexity index is 288. The van der Waals surface area contributed by atoms with Crippen molar-refractivity contribution in [2.24, 2.45) is 0 Å². The van der Waals surface area contributed by atoms with Gasteiger partial charge in [0.15, 0.2) is 0 Å². The topological polar surface area (TPSA) is 26.8 Å². The van der Waals surface area contributed by atoms with E-state index in [4.69, 9.17) is 0 Å². The molecule has 1 fully saturated rings. The molecule has 4 nitrogen and oxygen atoms in total. The largest absolute Gasteiger partial charge is 0.343 e. The zero-order valence-corrected chi connectivity index (χ0v) is 13.6. The van der Waals surface area contributed by atoms with E-state index in [9.17, 15) is 4.79 Å². The van der Waals surface area contributed by atoms with Gasteiger partial charge in [-0.1, -0.05) is 0 Å². The van der Waals surface area contributed by atoms with Gasteiger partial charge < -0.3 is 9.80 Å². The van der Waals surface area contributed by atoms with Crippen LogP contribution in [0.15, 0.2) is 0 Å². The van der Waals surface area contributed by atoms with Crippen molar-refractivity contribution in [1.82, 2.24) is 14.7 Å². The minimum absolute atomic E-state index is 0.258. The summed E-state index contributed by atoms with van der Waals surface area (Å²) in [6, 6.07) is 0.297. The molecule has 0 aliphatic carbocycles. The molecule has 1 aliphatic rings. The van der Waals surface area contributed by atoms with E-state index in [1.54, 1.807) is 0 Å². The summed E-state index contributed by atoms with van der Waals surface area (Å²) in [4.78, 5) is 18.7. The van der Waals surface area contributed by atoms with Gasteiger partial charge in [-0.05, 0) is 34.6 Å². The summed E-state index contributed by atoms with van der Waals surface area (Å²) in [6.07, 6.45) is 0.643. The maximum absolute atomic E-state index is 11.9. The minimum atomic E-state index is 0.258. The van der Waals surface area contributed by atoms with Crippen molar-refractivity contribution < 1.29 is 4.79 Å². The molecule has 1 saturated heterocycles.